The number of hydrogen-bond donors (Lipinski definition) is 2. The molecule has 160 valence electrons. The third-order valence-electron chi connectivity index (χ3n) is 3.61. The summed E-state index contributed by atoms with van der Waals surface area (Å²) >= 11 is 11.5. The highest BCUT2D eigenvalue weighted by Gasteiger charge is 2.24. The Morgan fingerprint density at radius 2 is 1.83 bits per heavy atom. The highest BCUT2D eigenvalue weighted by molar-refractivity contribution is 7.89. The van der Waals surface area contributed by atoms with Crippen molar-refractivity contribution in [1.29, 1.82) is 0 Å². The second kappa shape index (κ2) is 9.85. The molecule has 1 atom stereocenters. The van der Waals surface area contributed by atoms with Crippen LogP contribution in [0, 0.1) is 10.1 Å². The number of esters is 1. The summed E-state index contributed by atoms with van der Waals surface area (Å²) < 4.78 is 31.5. The number of para-hydroxylation sites is 2. The summed E-state index contributed by atoms with van der Waals surface area (Å²) in [4.78, 5) is 34.0. The van der Waals surface area contributed by atoms with Gasteiger partial charge in [-0.15, -0.1) is 0 Å². The molecule has 30 heavy (non-hydrogen) atoms. The molecular weight excluding hydrogens is 461 g/mol. The number of rotatable bonds is 8. The first-order valence-corrected chi connectivity index (χ1v) is 10.4. The van der Waals surface area contributed by atoms with Crippen LogP contribution >= 0.6 is 23.2 Å². The standard InChI is InChI=1S/C17H15Cl2N3O7S/c1-10(21-30(27,28)11-6-7-12(18)13(19)8-11)17(24)29-9-16(23)20-14-4-2-3-5-15(14)22(25)26/h2-8,10,21H,9H2,1H3,(H,20,23)/t10-/m1/s1. The minimum absolute atomic E-state index is 0.0152. The van der Waals surface area contributed by atoms with E-state index in [0.29, 0.717) is 0 Å². The molecular formula is C17H15Cl2N3O7S. The van der Waals surface area contributed by atoms with Crippen molar-refractivity contribution in [2.75, 3.05) is 11.9 Å². The topological polar surface area (TPSA) is 145 Å². The zero-order chi connectivity index (χ0) is 22.5. The van der Waals surface area contributed by atoms with Crippen LogP contribution in [0.5, 0.6) is 0 Å². The maximum atomic E-state index is 12.3. The zero-order valence-electron chi connectivity index (χ0n) is 15.3. The van der Waals surface area contributed by atoms with Crippen LogP contribution in [-0.4, -0.2) is 37.9 Å². The van der Waals surface area contributed by atoms with Crippen LogP contribution in [0.15, 0.2) is 47.4 Å². The molecule has 2 aromatic carbocycles. The van der Waals surface area contributed by atoms with Crippen LogP contribution in [-0.2, 0) is 24.3 Å². The largest absolute Gasteiger partial charge is 0.454 e. The molecule has 2 N–H and O–H groups in total. The molecule has 0 aliphatic carbocycles. The first-order chi connectivity index (χ1) is 14.0. The smallest absolute Gasteiger partial charge is 0.324 e. The summed E-state index contributed by atoms with van der Waals surface area (Å²) in [5.74, 6) is -1.87. The zero-order valence-corrected chi connectivity index (χ0v) is 17.6. The number of benzene rings is 2. The summed E-state index contributed by atoms with van der Waals surface area (Å²) in [6.45, 7) is 0.446. The number of nitro groups is 1. The minimum atomic E-state index is -4.12. The number of hydrogen-bond acceptors (Lipinski definition) is 7. The molecule has 0 spiro atoms. The Bertz CT molecular complexity index is 1090. The van der Waals surface area contributed by atoms with Gasteiger partial charge in [-0.1, -0.05) is 35.3 Å². The maximum Gasteiger partial charge on any atom is 0.324 e. The third kappa shape index (κ3) is 6.13. The van der Waals surface area contributed by atoms with E-state index in [-0.39, 0.29) is 26.3 Å². The summed E-state index contributed by atoms with van der Waals surface area (Å²) in [7, 11) is -4.12. The monoisotopic (exact) mass is 475 g/mol. The fourth-order valence-electron chi connectivity index (χ4n) is 2.18. The van der Waals surface area contributed by atoms with Crippen LogP contribution in [0.2, 0.25) is 10.0 Å². The van der Waals surface area contributed by atoms with Crippen LogP contribution in [0.1, 0.15) is 6.92 Å². The van der Waals surface area contributed by atoms with E-state index in [1.807, 2.05) is 0 Å². The van der Waals surface area contributed by atoms with Gasteiger partial charge in [-0.3, -0.25) is 19.7 Å². The van der Waals surface area contributed by atoms with Gasteiger partial charge in [0, 0.05) is 6.07 Å². The lowest BCUT2D eigenvalue weighted by atomic mass is 10.2. The lowest BCUT2D eigenvalue weighted by molar-refractivity contribution is -0.383. The quantitative estimate of drug-likeness (QED) is 0.339. The molecule has 0 saturated carbocycles. The Hall–Kier alpha value is -2.73. The molecule has 10 nitrogen and oxygen atoms in total. The van der Waals surface area contributed by atoms with Crippen LogP contribution in [0.3, 0.4) is 0 Å². The number of halogens is 2. The van der Waals surface area contributed by atoms with Crippen molar-refractivity contribution in [1.82, 2.24) is 4.72 Å². The fraction of sp³-hybridized carbons (Fsp3) is 0.176. The molecule has 0 bridgehead atoms. The number of carbonyl (C=O) groups is 2. The van der Waals surface area contributed by atoms with Gasteiger partial charge >= 0.3 is 5.97 Å². The van der Waals surface area contributed by atoms with Crippen molar-refractivity contribution in [3.8, 4) is 0 Å². The number of sulfonamides is 1. The Morgan fingerprint density at radius 3 is 2.47 bits per heavy atom. The van der Waals surface area contributed by atoms with E-state index in [9.17, 15) is 28.1 Å². The summed E-state index contributed by atoms with van der Waals surface area (Å²) in [6, 6.07) is 7.69. The Morgan fingerprint density at radius 1 is 1.17 bits per heavy atom. The Balaban J connectivity index is 1.95. The lowest BCUT2D eigenvalue weighted by Crippen LogP contribution is -2.40. The predicted octanol–water partition coefficient (Wildman–Crippen LogP) is 2.75. The second-order valence-corrected chi connectivity index (χ2v) is 8.38. The molecule has 0 unspecified atom stereocenters. The predicted molar refractivity (Wildman–Crippen MR) is 109 cm³/mol. The van der Waals surface area contributed by atoms with Crippen LogP contribution in [0.25, 0.3) is 0 Å². The number of amides is 1. The Kier molecular flexibility index (Phi) is 7.73. The van der Waals surface area contributed by atoms with Crippen molar-refractivity contribution < 1.29 is 27.7 Å². The van der Waals surface area contributed by atoms with E-state index in [0.717, 1.165) is 6.07 Å². The average Bonchev–Trinajstić information content (AvgIpc) is 2.68. The van der Waals surface area contributed by atoms with E-state index < -0.39 is 39.5 Å². The van der Waals surface area contributed by atoms with Gasteiger partial charge < -0.3 is 10.1 Å². The summed E-state index contributed by atoms with van der Waals surface area (Å²) in [5, 5.41) is 13.4. The average molecular weight is 476 g/mol. The van der Waals surface area contributed by atoms with Gasteiger partial charge in [0.1, 0.15) is 11.7 Å². The van der Waals surface area contributed by atoms with Crippen molar-refractivity contribution in [3.05, 3.63) is 62.6 Å². The van der Waals surface area contributed by atoms with Gasteiger partial charge in [0.15, 0.2) is 6.61 Å². The van der Waals surface area contributed by atoms with Crippen molar-refractivity contribution >= 4 is 56.5 Å². The first kappa shape index (κ1) is 23.5. The van der Waals surface area contributed by atoms with E-state index in [1.165, 1.54) is 43.3 Å². The van der Waals surface area contributed by atoms with E-state index >= 15 is 0 Å². The minimum Gasteiger partial charge on any atom is -0.454 e. The molecule has 0 saturated heterocycles. The van der Waals surface area contributed by atoms with Gasteiger partial charge in [-0.25, -0.2) is 8.42 Å². The molecule has 1 amide bonds. The molecule has 0 fully saturated rings. The van der Waals surface area contributed by atoms with Gasteiger partial charge in [0.2, 0.25) is 10.0 Å². The second-order valence-electron chi connectivity index (χ2n) is 5.85. The number of nitrogens with one attached hydrogen (secondary N) is 2. The number of nitro benzene ring substituents is 1. The van der Waals surface area contributed by atoms with Gasteiger partial charge in [0.25, 0.3) is 11.6 Å². The summed E-state index contributed by atoms with van der Waals surface area (Å²) in [6.07, 6.45) is 0. The summed E-state index contributed by atoms with van der Waals surface area (Å²) in [5.41, 5.74) is -0.406. The molecule has 0 heterocycles. The highest BCUT2D eigenvalue weighted by Crippen LogP contribution is 2.25. The van der Waals surface area contributed by atoms with Gasteiger partial charge in [-0.2, -0.15) is 4.72 Å². The Labute approximate surface area is 181 Å². The van der Waals surface area contributed by atoms with Gasteiger partial charge in [0.05, 0.1) is 19.9 Å². The van der Waals surface area contributed by atoms with E-state index in [1.54, 1.807) is 0 Å². The molecule has 0 aromatic heterocycles. The third-order valence-corrected chi connectivity index (χ3v) is 5.88. The lowest BCUT2D eigenvalue weighted by Gasteiger charge is -2.14. The van der Waals surface area contributed by atoms with Crippen molar-refractivity contribution in [2.24, 2.45) is 0 Å². The van der Waals surface area contributed by atoms with E-state index in [4.69, 9.17) is 27.9 Å². The molecule has 0 aliphatic heterocycles. The van der Waals surface area contributed by atoms with Gasteiger partial charge in [-0.05, 0) is 31.2 Å². The molecule has 2 rings (SSSR count). The van der Waals surface area contributed by atoms with Crippen LogP contribution < -0.4 is 10.0 Å². The highest BCUT2D eigenvalue weighted by atomic mass is 35.5. The number of nitrogens with zero attached hydrogens (tertiary/aromatic N) is 1. The fourth-order valence-corrected chi connectivity index (χ4v) is 3.76. The number of anilines is 1. The normalized spacial score (nSPS) is 12.1. The SMILES string of the molecule is C[C@@H](NS(=O)(=O)c1ccc(Cl)c(Cl)c1)C(=O)OCC(=O)Nc1ccccc1[N+](=O)[O-]. The van der Waals surface area contributed by atoms with E-state index in [2.05, 4.69) is 10.0 Å². The molecule has 0 radical (unpaired) electrons. The van der Waals surface area contributed by atoms with Crippen molar-refractivity contribution in [2.45, 2.75) is 17.9 Å². The molecule has 13 heteroatoms. The maximum absolute atomic E-state index is 12.3. The molecule has 2 aromatic rings. The van der Waals surface area contributed by atoms with Crippen molar-refractivity contribution in [3.63, 3.8) is 0 Å². The van der Waals surface area contributed by atoms with Crippen LogP contribution in [0.4, 0.5) is 11.4 Å². The molecule has 0 aliphatic rings. The number of carbonyl (C=O) groups excluding carboxylic acids is 2. The number of ether oxygens (including phenoxy) is 1. The first-order valence-electron chi connectivity index (χ1n) is 8.18.